The van der Waals surface area contributed by atoms with E-state index >= 15 is 0 Å². The van der Waals surface area contributed by atoms with Crippen LogP contribution >= 0.6 is 11.6 Å². The van der Waals surface area contributed by atoms with Crippen LogP contribution in [0.4, 0.5) is 4.79 Å². The Morgan fingerprint density at radius 3 is 2.56 bits per heavy atom. The summed E-state index contributed by atoms with van der Waals surface area (Å²) in [6.07, 6.45) is 5.78. The molecule has 0 unspecified atom stereocenters. The van der Waals surface area contributed by atoms with Gasteiger partial charge in [-0.3, -0.25) is 9.58 Å². The highest BCUT2D eigenvalue weighted by Crippen LogP contribution is 2.34. The molecule has 1 amide bonds. The molecule has 4 heterocycles. The second-order valence-electron chi connectivity index (χ2n) is 10.7. The molecular weight excluding hydrogens is 520 g/mol. The first-order valence-electron chi connectivity index (χ1n) is 12.8. The maximum atomic E-state index is 13.3. The number of benzene rings is 1. The van der Waals surface area contributed by atoms with Crippen LogP contribution in [0.3, 0.4) is 0 Å². The number of nitrogens with zero attached hydrogens (tertiary/aromatic N) is 6. The summed E-state index contributed by atoms with van der Waals surface area (Å²) in [6.45, 7) is 5.75. The molecule has 0 spiro atoms. The van der Waals surface area contributed by atoms with Gasteiger partial charge in [0.25, 0.3) is 0 Å². The van der Waals surface area contributed by atoms with Crippen LogP contribution in [-0.2, 0) is 27.9 Å². The molecule has 2 atom stereocenters. The number of carbonyl (C=O) groups excluding carboxylic acids is 2. The molecule has 1 aromatic carbocycles. The van der Waals surface area contributed by atoms with Gasteiger partial charge in [0.2, 0.25) is 0 Å². The smallest absolute Gasteiger partial charge is 0.410 e. The van der Waals surface area contributed by atoms with E-state index in [1.165, 1.54) is 4.90 Å². The number of hydrogen-bond acceptors (Lipinski definition) is 7. The minimum atomic E-state index is -0.760. The van der Waals surface area contributed by atoms with E-state index in [-0.39, 0.29) is 19.1 Å². The Hall–Kier alpha value is -3.92. The lowest BCUT2D eigenvalue weighted by atomic mass is 9.90. The van der Waals surface area contributed by atoms with Gasteiger partial charge in [-0.05, 0) is 45.2 Å². The Kier molecular flexibility index (Phi) is 7.31. The van der Waals surface area contributed by atoms with Crippen molar-refractivity contribution in [2.45, 2.75) is 57.8 Å². The molecular formula is C28H31ClN6O4. The minimum Gasteiger partial charge on any atom is -0.458 e. The van der Waals surface area contributed by atoms with E-state index in [1.54, 1.807) is 48.4 Å². The maximum absolute atomic E-state index is 13.3. The molecule has 0 N–H and O–H groups in total. The molecule has 0 bridgehead atoms. The molecule has 0 aliphatic carbocycles. The largest absolute Gasteiger partial charge is 0.458 e. The number of esters is 1. The summed E-state index contributed by atoms with van der Waals surface area (Å²) in [4.78, 5) is 32.8. The molecule has 3 aromatic heterocycles. The van der Waals surface area contributed by atoms with Gasteiger partial charge in [-0.1, -0.05) is 41.9 Å². The van der Waals surface area contributed by atoms with Crippen LogP contribution in [-0.4, -0.2) is 59.5 Å². The van der Waals surface area contributed by atoms with E-state index in [4.69, 9.17) is 26.1 Å². The third kappa shape index (κ3) is 5.90. The zero-order valence-corrected chi connectivity index (χ0v) is 23.1. The van der Waals surface area contributed by atoms with Crippen LogP contribution < -0.4 is 0 Å². The van der Waals surface area contributed by atoms with Crippen LogP contribution in [0.2, 0.25) is 5.15 Å². The first kappa shape index (κ1) is 26.7. The number of likely N-dealkylation sites (tertiary alicyclic amines) is 1. The highest BCUT2D eigenvalue weighted by molar-refractivity contribution is 6.29. The summed E-state index contributed by atoms with van der Waals surface area (Å²) in [6, 6.07) is 10.4. The molecule has 1 aliphatic heterocycles. The SMILES string of the molecule is Cn1cc(-c2cnn3c(Cl)cc([C@H]4CC[C@@H](C(=O)OC(C)(C)C)N(C(=O)OCc5ccccc5)C4)nc23)cn1. The van der Waals surface area contributed by atoms with Crippen LogP contribution in [0.25, 0.3) is 16.8 Å². The van der Waals surface area contributed by atoms with E-state index in [9.17, 15) is 9.59 Å². The van der Waals surface area contributed by atoms with Gasteiger partial charge in [-0.2, -0.15) is 10.2 Å². The van der Waals surface area contributed by atoms with Gasteiger partial charge in [-0.15, -0.1) is 0 Å². The van der Waals surface area contributed by atoms with Crippen molar-refractivity contribution >= 4 is 29.3 Å². The summed E-state index contributed by atoms with van der Waals surface area (Å²) in [5.74, 6) is -0.624. The Morgan fingerprint density at radius 2 is 1.87 bits per heavy atom. The molecule has 11 heteroatoms. The lowest BCUT2D eigenvalue weighted by Gasteiger charge is -2.38. The molecule has 10 nitrogen and oxygen atoms in total. The highest BCUT2D eigenvalue weighted by Gasteiger charge is 2.40. The molecule has 0 saturated carbocycles. The number of amides is 1. The van der Waals surface area contributed by atoms with Crippen LogP contribution in [0.5, 0.6) is 0 Å². The Balaban J connectivity index is 1.43. The van der Waals surface area contributed by atoms with Gasteiger partial charge < -0.3 is 9.47 Å². The zero-order valence-electron chi connectivity index (χ0n) is 22.4. The normalized spacial score (nSPS) is 17.8. The molecule has 1 saturated heterocycles. The fourth-order valence-corrected chi connectivity index (χ4v) is 4.98. The first-order chi connectivity index (χ1) is 18.6. The molecule has 1 aliphatic rings. The van der Waals surface area contributed by atoms with Crippen molar-refractivity contribution in [1.29, 1.82) is 0 Å². The molecule has 1 fully saturated rings. The summed E-state index contributed by atoms with van der Waals surface area (Å²) >= 11 is 6.62. The first-order valence-corrected chi connectivity index (χ1v) is 13.2. The van der Waals surface area contributed by atoms with Gasteiger partial charge in [0, 0.05) is 36.8 Å². The van der Waals surface area contributed by atoms with Crippen molar-refractivity contribution in [2.24, 2.45) is 7.05 Å². The monoisotopic (exact) mass is 550 g/mol. The Bertz CT molecular complexity index is 1490. The number of piperidine rings is 1. The molecule has 4 aromatic rings. The lowest BCUT2D eigenvalue weighted by Crippen LogP contribution is -2.52. The summed E-state index contributed by atoms with van der Waals surface area (Å²) < 4.78 is 14.6. The topological polar surface area (TPSA) is 104 Å². The van der Waals surface area contributed by atoms with Crippen molar-refractivity contribution in [2.75, 3.05) is 6.54 Å². The van der Waals surface area contributed by atoms with E-state index in [1.807, 2.05) is 43.6 Å². The second kappa shape index (κ2) is 10.7. The van der Waals surface area contributed by atoms with Crippen molar-refractivity contribution in [3.05, 3.63) is 71.4 Å². The number of halogens is 1. The number of hydrogen-bond donors (Lipinski definition) is 0. The van der Waals surface area contributed by atoms with Gasteiger partial charge in [0.1, 0.15) is 23.4 Å². The third-order valence-electron chi connectivity index (χ3n) is 6.58. The summed E-state index contributed by atoms with van der Waals surface area (Å²) in [5, 5.41) is 9.05. The van der Waals surface area contributed by atoms with Crippen LogP contribution in [0.1, 0.15) is 50.8 Å². The predicted octanol–water partition coefficient (Wildman–Crippen LogP) is 5.01. The van der Waals surface area contributed by atoms with E-state index in [0.29, 0.717) is 29.3 Å². The average molecular weight is 551 g/mol. The van der Waals surface area contributed by atoms with Gasteiger partial charge in [0.15, 0.2) is 5.65 Å². The van der Waals surface area contributed by atoms with E-state index in [0.717, 1.165) is 16.7 Å². The standard InChI is InChI=1S/C28H31ClN6O4/c1-28(2,3)39-26(36)23-11-10-19(16-34(23)27(37)38-17-18-8-6-5-7-9-18)22-12-24(29)35-25(32-22)21(14-31-35)20-13-30-33(4)15-20/h5-9,12-15,19,23H,10-11,16-17H2,1-4H3/t19-,23-/m0/s1. The molecule has 39 heavy (non-hydrogen) atoms. The van der Waals surface area contributed by atoms with Crippen LogP contribution in [0.15, 0.2) is 55.0 Å². The fraction of sp³-hybridized carbons (Fsp3) is 0.393. The average Bonchev–Trinajstić information content (AvgIpc) is 3.52. The molecule has 204 valence electrons. The summed E-state index contributed by atoms with van der Waals surface area (Å²) in [7, 11) is 1.84. The minimum absolute atomic E-state index is 0.0994. The predicted molar refractivity (Wildman–Crippen MR) is 145 cm³/mol. The lowest BCUT2D eigenvalue weighted by molar-refractivity contribution is -0.162. The van der Waals surface area contributed by atoms with Crippen LogP contribution in [0, 0.1) is 0 Å². The van der Waals surface area contributed by atoms with Crippen molar-refractivity contribution in [1.82, 2.24) is 29.3 Å². The van der Waals surface area contributed by atoms with Gasteiger partial charge in [0.05, 0.1) is 18.1 Å². The number of aromatic nitrogens is 5. The van der Waals surface area contributed by atoms with Crippen molar-refractivity contribution < 1.29 is 19.1 Å². The molecule has 0 radical (unpaired) electrons. The third-order valence-corrected chi connectivity index (χ3v) is 6.85. The number of fused-ring (bicyclic) bond motifs is 1. The number of aryl methyl sites for hydroxylation is 1. The summed E-state index contributed by atoms with van der Waals surface area (Å²) in [5.41, 5.74) is 3.15. The number of rotatable bonds is 5. The molecule has 5 rings (SSSR count). The van der Waals surface area contributed by atoms with Gasteiger partial charge in [-0.25, -0.2) is 19.1 Å². The fourth-order valence-electron chi connectivity index (χ4n) is 4.75. The number of ether oxygens (including phenoxy) is 2. The van der Waals surface area contributed by atoms with Crippen molar-refractivity contribution in [3.8, 4) is 11.1 Å². The Morgan fingerprint density at radius 1 is 1.10 bits per heavy atom. The van der Waals surface area contributed by atoms with Crippen molar-refractivity contribution in [3.63, 3.8) is 0 Å². The van der Waals surface area contributed by atoms with Gasteiger partial charge >= 0.3 is 12.1 Å². The Labute approximate surface area is 231 Å². The maximum Gasteiger partial charge on any atom is 0.410 e. The van der Waals surface area contributed by atoms with E-state index in [2.05, 4.69) is 10.2 Å². The second-order valence-corrected chi connectivity index (χ2v) is 11.1. The number of carbonyl (C=O) groups is 2. The quantitative estimate of drug-likeness (QED) is 0.254. The zero-order chi connectivity index (χ0) is 27.7. The highest BCUT2D eigenvalue weighted by atomic mass is 35.5. The van der Waals surface area contributed by atoms with E-state index < -0.39 is 23.7 Å².